The molecule has 0 aliphatic carbocycles. The van der Waals surface area contributed by atoms with Gasteiger partial charge in [-0.05, 0) is 44.5 Å². The zero-order valence-corrected chi connectivity index (χ0v) is 16.1. The molecule has 1 atom stereocenters. The number of rotatable bonds is 7. The van der Waals surface area contributed by atoms with E-state index in [0.29, 0.717) is 12.4 Å². The van der Waals surface area contributed by atoms with E-state index in [2.05, 4.69) is 16.9 Å². The fourth-order valence-electron chi connectivity index (χ4n) is 2.58. The van der Waals surface area contributed by atoms with Crippen LogP contribution in [0.1, 0.15) is 26.3 Å². The summed E-state index contributed by atoms with van der Waals surface area (Å²) < 4.78 is 15.6. The van der Waals surface area contributed by atoms with Crippen LogP contribution >= 0.6 is 0 Å². The van der Waals surface area contributed by atoms with Crippen LogP contribution in [0.3, 0.4) is 0 Å². The van der Waals surface area contributed by atoms with Crippen molar-refractivity contribution in [1.29, 1.82) is 0 Å². The van der Waals surface area contributed by atoms with E-state index in [0.717, 1.165) is 16.5 Å². The Hall–Kier alpha value is -2.96. The van der Waals surface area contributed by atoms with Crippen LogP contribution in [-0.2, 0) is 20.7 Å². The fourth-order valence-corrected chi connectivity index (χ4v) is 2.58. The first-order valence-electron chi connectivity index (χ1n) is 8.64. The van der Waals surface area contributed by atoms with Crippen LogP contribution in [0.15, 0.2) is 37.1 Å². The number of carbonyl (C=O) groups is 2. The van der Waals surface area contributed by atoms with E-state index in [1.54, 1.807) is 33.0 Å². The molecule has 1 heterocycles. The van der Waals surface area contributed by atoms with E-state index < -0.39 is 23.7 Å². The van der Waals surface area contributed by atoms with Gasteiger partial charge >= 0.3 is 12.1 Å². The second kappa shape index (κ2) is 8.62. The lowest BCUT2D eigenvalue weighted by Crippen LogP contribution is -2.45. The Bertz CT molecular complexity index is 819. The first-order valence-corrected chi connectivity index (χ1v) is 8.64. The van der Waals surface area contributed by atoms with E-state index in [1.807, 2.05) is 18.2 Å². The van der Waals surface area contributed by atoms with E-state index in [4.69, 9.17) is 14.2 Å². The third-order valence-corrected chi connectivity index (χ3v) is 3.71. The largest absolute Gasteiger partial charge is 0.490 e. The minimum atomic E-state index is -0.874. The highest BCUT2D eigenvalue weighted by molar-refractivity contribution is 5.87. The summed E-state index contributed by atoms with van der Waals surface area (Å²) in [6.45, 7) is 9.29. The van der Waals surface area contributed by atoms with Gasteiger partial charge in [0.1, 0.15) is 24.0 Å². The second-order valence-corrected chi connectivity index (χ2v) is 7.05. The Morgan fingerprint density at radius 3 is 2.70 bits per heavy atom. The van der Waals surface area contributed by atoms with Crippen LogP contribution in [-0.4, -0.2) is 42.4 Å². The van der Waals surface area contributed by atoms with E-state index in [9.17, 15) is 9.59 Å². The molecule has 0 fully saturated rings. The summed E-state index contributed by atoms with van der Waals surface area (Å²) in [5, 5.41) is 3.48. The number of esters is 1. The second-order valence-electron chi connectivity index (χ2n) is 7.05. The van der Waals surface area contributed by atoms with Gasteiger partial charge in [0, 0.05) is 23.5 Å². The van der Waals surface area contributed by atoms with Crippen LogP contribution in [0.2, 0.25) is 0 Å². The molecule has 0 spiro atoms. The van der Waals surface area contributed by atoms with Gasteiger partial charge in [-0.1, -0.05) is 12.7 Å². The zero-order valence-electron chi connectivity index (χ0n) is 16.1. The Labute approximate surface area is 158 Å². The first kappa shape index (κ1) is 20.4. The van der Waals surface area contributed by atoms with E-state index >= 15 is 0 Å². The summed E-state index contributed by atoms with van der Waals surface area (Å²) >= 11 is 0. The Kier molecular flexibility index (Phi) is 6.50. The Morgan fingerprint density at radius 2 is 2.07 bits per heavy atom. The molecule has 27 heavy (non-hydrogen) atoms. The molecule has 1 aromatic carbocycles. The number of hydrogen-bond donors (Lipinski definition) is 2. The van der Waals surface area contributed by atoms with Crippen LogP contribution in [0, 0.1) is 0 Å². The number of carbonyl (C=O) groups excluding carboxylic acids is 2. The molecule has 7 nitrogen and oxygen atoms in total. The lowest BCUT2D eigenvalue weighted by atomic mass is 10.0. The number of nitrogens with one attached hydrogen (secondary N) is 2. The number of amides is 1. The Morgan fingerprint density at radius 1 is 1.33 bits per heavy atom. The molecule has 2 N–H and O–H groups in total. The topological polar surface area (TPSA) is 89.6 Å². The minimum absolute atomic E-state index is 0.247. The molecule has 1 amide bonds. The van der Waals surface area contributed by atoms with Gasteiger partial charge < -0.3 is 24.5 Å². The van der Waals surface area contributed by atoms with Crippen molar-refractivity contribution in [3.05, 3.63) is 42.6 Å². The number of ether oxygens (including phenoxy) is 3. The van der Waals surface area contributed by atoms with Crippen LogP contribution in [0.25, 0.3) is 10.9 Å². The molecule has 146 valence electrons. The average Bonchev–Trinajstić information content (AvgIpc) is 2.99. The van der Waals surface area contributed by atoms with Crippen molar-refractivity contribution < 1.29 is 23.8 Å². The lowest BCUT2D eigenvalue weighted by molar-refractivity contribution is -0.143. The predicted octanol–water partition coefficient (Wildman–Crippen LogP) is 3.34. The van der Waals surface area contributed by atoms with Crippen molar-refractivity contribution in [2.24, 2.45) is 0 Å². The first-order chi connectivity index (χ1) is 12.7. The number of H-pyrrole nitrogens is 1. The van der Waals surface area contributed by atoms with Crippen LogP contribution in [0.5, 0.6) is 5.75 Å². The number of aromatic amines is 1. The van der Waals surface area contributed by atoms with Gasteiger partial charge in [0.25, 0.3) is 0 Å². The number of aromatic nitrogens is 1. The number of benzene rings is 1. The van der Waals surface area contributed by atoms with Crippen molar-refractivity contribution in [3.8, 4) is 5.75 Å². The molecular weight excluding hydrogens is 348 g/mol. The third kappa shape index (κ3) is 5.77. The average molecular weight is 374 g/mol. The molecule has 1 aromatic heterocycles. The molecule has 2 aromatic rings. The highest BCUT2D eigenvalue weighted by Crippen LogP contribution is 2.25. The van der Waals surface area contributed by atoms with Gasteiger partial charge in [-0.2, -0.15) is 0 Å². The normalized spacial score (nSPS) is 12.3. The monoisotopic (exact) mass is 374 g/mol. The molecule has 2 rings (SSSR count). The number of fused-ring (bicyclic) bond motifs is 1. The molecular formula is C20H26N2O5. The molecule has 0 aliphatic heterocycles. The van der Waals surface area contributed by atoms with Gasteiger partial charge in [0.05, 0.1) is 7.11 Å². The fraction of sp³-hybridized carbons (Fsp3) is 0.400. The Balaban J connectivity index is 2.22. The molecule has 0 bridgehead atoms. The summed E-state index contributed by atoms with van der Waals surface area (Å²) in [5.41, 5.74) is 1.08. The summed E-state index contributed by atoms with van der Waals surface area (Å²) in [6.07, 6.45) is 3.04. The summed E-state index contributed by atoms with van der Waals surface area (Å²) in [7, 11) is 1.28. The van der Waals surface area contributed by atoms with Gasteiger partial charge in [-0.3, -0.25) is 0 Å². The van der Waals surface area contributed by atoms with Gasteiger partial charge in [0.15, 0.2) is 0 Å². The standard InChI is InChI=1S/C20H26N2O5/c1-6-9-26-14-7-8-16-15(11-14)13(12-21-16)10-17(18(23)25-5)22-19(24)27-20(2,3)4/h6-8,11-12,17,21H,1,9-10H2,2-5H3,(H,22,24). The summed E-state index contributed by atoms with van der Waals surface area (Å²) in [4.78, 5) is 27.4. The van der Waals surface area contributed by atoms with Gasteiger partial charge in [-0.15, -0.1) is 0 Å². The maximum Gasteiger partial charge on any atom is 0.408 e. The molecule has 0 saturated heterocycles. The van der Waals surface area contributed by atoms with Crippen LogP contribution < -0.4 is 10.1 Å². The highest BCUT2D eigenvalue weighted by Gasteiger charge is 2.26. The van der Waals surface area contributed by atoms with Crippen molar-refractivity contribution in [3.63, 3.8) is 0 Å². The molecule has 0 saturated carbocycles. The van der Waals surface area contributed by atoms with Crippen LogP contribution in [0.4, 0.5) is 4.79 Å². The number of hydrogen-bond acceptors (Lipinski definition) is 5. The molecule has 0 aliphatic rings. The SMILES string of the molecule is C=CCOc1ccc2[nH]cc(CC(NC(=O)OC(C)(C)C)C(=O)OC)c2c1. The highest BCUT2D eigenvalue weighted by atomic mass is 16.6. The number of alkyl carbamates (subject to hydrolysis) is 1. The molecule has 1 unspecified atom stereocenters. The van der Waals surface area contributed by atoms with E-state index in [-0.39, 0.29) is 6.42 Å². The van der Waals surface area contributed by atoms with Crippen molar-refractivity contribution in [2.45, 2.75) is 38.8 Å². The molecule has 0 radical (unpaired) electrons. The number of methoxy groups -OCH3 is 1. The third-order valence-electron chi connectivity index (χ3n) is 3.71. The maximum absolute atomic E-state index is 12.1. The summed E-state index contributed by atoms with van der Waals surface area (Å²) in [6, 6.07) is 4.75. The lowest BCUT2D eigenvalue weighted by Gasteiger charge is -2.22. The van der Waals surface area contributed by atoms with Crippen molar-refractivity contribution in [2.75, 3.05) is 13.7 Å². The van der Waals surface area contributed by atoms with Gasteiger partial charge in [-0.25, -0.2) is 9.59 Å². The van der Waals surface area contributed by atoms with E-state index in [1.165, 1.54) is 7.11 Å². The molecule has 7 heteroatoms. The van der Waals surface area contributed by atoms with Crippen molar-refractivity contribution in [1.82, 2.24) is 10.3 Å². The zero-order chi connectivity index (χ0) is 20.0. The van der Waals surface area contributed by atoms with Crippen molar-refractivity contribution >= 4 is 23.0 Å². The summed E-state index contributed by atoms with van der Waals surface area (Å²) in [5.74, 6) is 0.146. The van der Waals surface area contributed by atoms with Gasteiger partial charge in [0.2, 0.25) is 0 Å². The maximum atomic E-state index is 12.1. The predicted molar refractivity (Wildman–Crippen MR) is 103 cm³/mol. The minimum Gasteiger partial charge on any atom is -0.490 e. The smallest absolute Gasteiger partial charge is 0.408 e. The quantitative estimate of drug-likeness (QED) is 0.573.